The van der Waals surface area contributed by atoms with E-state index in [9.17, 15) is 9.59 Å². The monoisotopic (exact) mass is 202 g/mol. The highest BCUT2D eigenvalue weighted by atomic mass is 31.0. The van der Waals surface area contributed by atoms with Gasteiger partial charge < -0.3 is 14.1 Å². The molecule has 13 heavy (non-hydrogen) atoms. The van der Waals surface area contributed by atoms with Crippen LogP contribution >= 0.6 is 9.47 Å². The van der Waals surface area contributed by atoms with Gasteiger partial charge in [0, 0.05) is 27.7 Å². The number of carbonyl (C=O) groups excluding carboxylic acids is 2. The molecule has 2 rings (SSSR count). The molecule has 4 nitrogen and oxygen atoms in total. The van der Waals surface area contributed by atoms with Crippen molar-refractivity contribution < 1.29 is 18.8 Å². The van der Waals surface area contributed by atoms with Gasteiger partial charge in [-0.1, -0.05) is 0 Å². The first kappa shape index (κ1) is 9.10. The van der Waals surface area contributed by atoms with Crippen molar-refractivity contribution in [3.05, 3.63) is 0 Å². The van der Waals surface area contributed by atoms with Crippen LogP contribution in [0.5, 0.6) is 0 Å². The summed E-state index contributed by atoms with van der Waals surface area (Å²) in [5.41, 5.74) is 0. The van der Waals surface area contributed by atoms with E-state index in [4.69, 9.17) is 9.26 Å². The summed E-state index contributed by atoms with van der Waals surface area (Å²) >= 11 is 0. The van der Waals surface area contributed by atoms with E-state index < -0.39 is 0 Å². The molecule has 1 aliphatic heterocycles. The standard InChI is InChI=1S/C8H11O4P/c9-3-5-4-1-8(10)11-6(4)2-7(5)12-13/h3-7H,1-2,13H2/t4-,5-,6?,7-/m1/s1. The maximum atomic E-state index is 10.9. The molecule has 2 unspecified atom stereocenters. The van der Waals surface area contributed by atoms with Crippen molar-refractivity contribution in [2.45, 2.75) is 25.0 Å². The molecule has 0 amide bonds. The summed E-state index contributed by atoms with van der Waals surface area (Å²) in [6.45, 7) is 0. The lowest BCUT2D eigenvalue weighted by Crippen LogP contribution is -2.21. The van der Waals surface area contributed by atoms with Gasteiger partial charge in [-0.15, -0.1) is 0 Å². The van der Waals surface area contributed by atoms with Crippen LogP contribution in [-0.2, 0) is 18.8 Å². The molecule has 1 aliphatic carbocycles. The zero-order valence-corrected chi connectivity index (χ0v) is 8.17. The third kappa shape index (κ3) is 1.38. The Hall–Kier alpha value is -0.470. The molecule has 1 saturated carbocycles. The molecule has 0 bridgehead atoms. The smallest absolute Gasteiger partial charge is 0.306 e. The predicted octanol–water partition coefficient (Wildman–Crippen LogP) is 0.312. The second-order valence-electron chi connectivity index (χ2n) is 3.52. The van der Waals surface area contributed by atoms with E-state index >= 15 is 0 Å². The Kier molecular flexibility index (Phi) is 2.35. The van der Waals surface area contributed by atoms with Gasteiger partial charge in [0.25, 0.3) is 0 Å². The summed E-state index contributed by atoms with van der Waals surface area (Å²) in [4.78, 5) is 21.7. The first-order valence-electron chi connectivity index (χ1n) is 4.26. The Labute approximate surface area is 78.2 Å². The van der Waals surface area contributed by atoms with Crippen molar-refractivity contribution in [3.8, 4) is 0 Å². The third-order valence-electron chi connectivity index (χ3n) is 2.88. The van der Waals surface area contributed by atoms with Crippen molar-refractivity contribution in [2.75, 3.05) is 0 Å². The van der Waals surface area contributed by atoms with E-state index in [-0.39, 0.29) is 30.0 Å². The van der Waals surface area contributed by atoms with E-state index in [0.717, 1.165) is 6.29 Å². The zero-order chi connectivity index (χ0) is 9.42. The number of hydrogen-bond donors (Lipinski definition) is 0. The molecule has 1 saturated heterocycles. The maximum Gasteiger partial charge on any atom is 0.306 e. The number of esters is 1. The highest BCUT2D eigenvalue weighted by molar-refractivity contribution is 7.09. The first-order chi connectivity index (χ1) is 6.26. The normalized spacial score (nSPS) is 43.0. The van der Waals surface area contributed by atoms with Gasteiger partial charge in [-0.05, 0) is 0 Å². The molecular formula is C8H11O4P. The first-order valence-corrected chi connectivity index (χ1v) is 4.73. The van der Waals surface area contributed by atoms with Crippen molar-refractivity contribution in [1.82, 2.24) is 0 Å². The number of hydrogen-bond acceptors (Lipinski definition) is 4. The maximum absolute atomic E-state index is 10.9. The fourth-order valence-corrected chi connectivity index (χ4v) is 2.52. The number of ether oxygens (including phenoxy) is 1. The van der Waals surface area contributed by atoms with E-state index in [0.29, 0.717) is 12.8 Å². The molecule has 0 aromatic carbocycles. The summed E-state index contributed by atoms with van der Waals surface area (Å²) in [5.74, 6) is -0.339. The van der Waals surface area contributed by atoms with Gasteiger partial charge in [0.15, 0.2) is 0 Å². The number of fused-ring (bicyclic) bond motifs is 1. The van der Waals surface area contributed by atoms with Gasteiger partial charge in [0.05, 0.1) is 12.5 Å². The summed E-state index contributed by atoms with van der Waals surface area (Å²) in [7, 11) is 2.16. The average Bonchev–Trinajstić information content (AvgIpc) is 2.59. The number of rotatable bonds is 2. The summed E-state index contributed by atoms with van der Waals surface area (Å²) in [6.07, 6.45) is 1.67. The number of aldehydes is 1. The minimum Gasteiger partial charge on any atom is -0.462 e. The third-order valence-corrected chi connectivity index (χ3v) is 3.23. The van der Waals surface area contributed by atoms with E-state index in [1.54, 1.807) is 0 Å². The molecular weight excluding hydrogens is 191 g/mol. The fourth-order valence-electron chi connectivity index (χ4n) is 2.23. The average molecular weight is 202 g/mol. The molecule has 2 fully saturated rings. The molecule has 0 N–H and O–H groups in total. The van der Waals surface area contributed by atoms with Gasteiger partial charge in [-0.3, -0.25) is 4.79 Å². The van der Waals surface area contributed by atoms with Crippen LogP contribution in [0.1, 0.15) is 12.8 Å². The highest BCUT2D eigenvalue weighted by Gasteiger charge is 2.50. The minimum absolute atomic E-state index is 0.0375. The van der Waals surface area contributed by atoms with Crippen LogP contribution in [0.2, 0.25) is 0 Å². The quantitative estimate of drug-likeness (QED) is 0.367. The van der Waals surface area contributed by atoms with E-state index in [2.05, 4.69) is 9.47 Å². The van der Waals surface area contributed by atoms with Crippen LogP contribution in [0.4, 0.5) is 0 Å². The lowest BCUT2D eigenvalue weighted by molar-refractivity contribution is -0.141. The summed E-state index contributed by atoms with van der Waals surface area (Å²) in [5, 5.41) is 0. The van der Waals surface area contributed by atoms with Crippen molar-refractivity contribution >= 4 is 21.7 Å². The molecule has 5 atom stereocenters. The number of carbonyl (C=O) groups is 2. The Balaban J connectivity index is 2.14. The Bertz CT molecular complexity index is 242. The van der Waals surface area contributed by atoms with Crippen molar-refractivity contribution in [3.63, 3.8) is 0 Å². The van der Waals surface area contributed by atoms with Crippen molar-refractivity contribution in [2.24, 2.45) is 11.8 Å². The lowest BCUT2D eigenvalue weighted by Gasteiger charge is -2.14. The minimum atomic E-state index is -0.191. The second kappa shape index (κ2) is 3.35. The van der Waals surface area contributed by atoms with Gasteiger partial charge in [-0.2, -0.15) is 0 Å². The van der Waals surface area contributed by atoms with Crippen LogP contribution in [0.15, 0.2) is 0 Å². The molecule has 1 heterocycles. The van der Waals surface area contributed by atoms with Crippen LogP contribution in [0.25, 0.3) is 0 Å². The summed E-state index contributed by atoms with van der Waals surface area (Å²) < 4.78 is 10.1. The molecule has 5 heteroatoms. The topological polar surface area (TPSA) is 52.6 Å². The SMILES string of the molecule is O=C[C@H]1[C@H](OP)CC2OC(=O)C[C@@H]21. The highest BCUT2D eigenvalue weighted by Crippen LogP contribution is 2.42. The Morgan fingerprint density at radius 2 is 2.38 bits per heavy atom. The Morgan fingerprint density at radius 1 is 1.62 bits per heavy atom. The Morgan fingerprint density at radius 3 is 3.00 bits per heavy atom. The van der Waals surface area contributed by atoms with Crippen LogP contribution in [0.3, 0.4) is 0 Å². The molecule has 72 valence electrons. The largest absolute Gasteiger partial charge is 0.462 e. The van der Waals surface area contributed by atoms with E-state index in [1.807, 2.05) is 0 Å². The van der Waals surface area contributed by atoms with Gasteiger partial charge in [0.1, 0.15) is 12.4 Å². The molecule has 0 radical (unpaired) electrons. The molecule has 0 aromatic rings. The molecule has 0 spiro atoms. The van der Waals surface area contributed by atoms with Gasteiger partial charge >= 0.3 is 5.97 Å². The zero-order valence-electron chi connectivity index (χ0n) is 7.01. The van der Waals surface area contributed by atoms with Gasteiger partial charge in [0.2, 0.25) is 0 Å². The second-order valence-corrected chi connectivity index (χ2v) is 3.79. The van der Waals surface area contributed by atoms with Gasteiger partial charge in [-0.25, -0.2) is 0 Å². The van der Waals surface area contributed by atoms with Crippen molar-refractivity contribution in [1.29, 1.82) is 0 Å². The fraction of sp³-hybridized carbons (Fsp3) is 0.750. The summed E-state index contributed by atoms with van der Waals surface area (Å²) in [6, 6.07) is 0. The van der Waals surface area contributed by atoms with E-state index in [1.165, 1.54) is 0 Å². The molecule has 0 aromatic heterocycles. The lowest BCUT2D eigenvalue weighted by atomic mass is 9.94. The van der Waals surface area contributed by atoms with Crippen LogP contribution in [0, 0.1) is 11.8 Å². The van der Waals surface area contributed by atoms with Crippen LogP contribution < -0.4 is 0 Å². The van der Waals surface area contributed by atoms with Crippen LogP contribution in [-0.4, -0.2) is 24.5 Å². The molecule has 2 aliphatic rings. The predicted molar refractivity (Wildman–Crippen MR) is 46.7 cm³/mol.